The Labute approximate surface area is 113 Å². The Kier molecular flexibility index (Phi) is 5.50. The van der Waals surface area contributed by atoms with Gasteiger partial charge in [-0.05, 0) is 6.42 Å². The molecule has 1 unspecified atom stereocenters. The second-order valence-corrected chi connectivity index (χ2v) is 6.56. The molecule has 0 aliphatic carbocycles. The molecule has 104 valence electrons. The number of carbonyl (C=O) groups excluding carboxylic acids is 2. The lowest BCUT2D eigenvalue weighted by atomic mass is 9.94. The summed E-state index contributed by atoms with van der Waals surface area (Å²) in [5, 5.41) is 0. The van der Waals surface area contributed by atoms with Crippen LogP contribution >= 0.6 is 11.8 Å². The number of hydrogen-bond donors (Lipinski definition) is 0. The van der Waals surface area contributed by atoms with Crippen LogP contribution in [0.5, 0.6) is 0 Å². The molecule has 0 spiro atoms. The van der Waals surface area contributed by atoms with Crippen LogP contribution in [0.3, 0.4) is 0 Å². The molecule has 0 N–H and O–H groups in total. The standard InChI is InChI=1S/C13H23NO3S/c1-5-6-7-17-11(15)10-8-18-9-14(10)12(16)13(2,3)4/h10H,5-9H2,1-4H3. The fraction of sp³-hybridized carbons (Fsp3) is 0.846. The van der Waals surface area contributed by atoms with Gasteiger partial charge < -0.3 is 9.64 Å². The van der Waals surface area contributed by atoms with Gasteiger partial charge in [-0.15, -0.1) is 11.8 Å². The van der Waals surface area contributed by atoms with Crippen molar-refractivity contribution < 1.29 is 14.3 Å². The van der Waals surface area contributed by atoms with Gasteiger partial charge in [0.2, 0.25) is 5.91 Å². The first kappa shape index (κ1) is 15.3. The van der Waals surface area contributed by atoms with Crippen molar-refractivity contribution in [2.24, 2.45) is 5.41 Å². The second kappa shape index (κ2) is 6.45. The Morgan fingerprint density at radius 1 is 1.39 bits per heavy atom. The van der Waals surface area contributed by atoms with Gasteiger partial charge in [-0.1, -0.05) is 34.1 Å². The van der Waals surface area contributed by atoms with E-state index in [-0.39, 0.29) is 11.9 Å². The molecule has 1 rings (SSSR count). The first-order valence-corrected chi connectivity index (χ1v) is 7.59. The predicted molar refractivity (Wildman–Crippen MR) is 73.3 cm³/mol. The number of thioether (sulfide) groups is 1. The summed E-state index contributed by atoms with van der Waals surface area (Å²) in [6.45, 7) is 8.12. The van der Waals surface area contributed by atoms with Crippen LogP contribution in [0.15, 0.2) is 0 Å². The maximum Gasteiger partial charge on any atom is 0.329 e. The number of nitrogens with zero attached hydrogens (tertiary/aromatic N) is 1. The molecule has 0 radical (unpaired) electrons. The molecule has 0 bridgehead atoms. The molecule has 1 fully saturated rings. The van der Waals surface area contributed by atoms with Gasteiger partial charge in [0.15, 0.2) is 0 Å². The molecular formula is C13H23NO3S. The van der Waals surface area contributed by atoms with E-state index < -0.39 is 11.5 Å². The smallest absolute Gasteiger partial charge is 0.329 e. The molecule has 0 aromatic carbocycles. The van der Waals surface area contributed by atoms with Gasteiger partial charge in [-0.25, -0.2) is 4.79 Å². The van der Waals surface area contributed by atoms with Crippen molar-refractivity contribution >= 4 is 23.6 Å². The van der Waals surface area contributed by atoms with Crippen molar-refractivity contribution in [1.82, 2.24) is 4.90 Å². The molecule has 4 nitrogen and oxygen atoms in total. The molecule has 1 atom stereocenters. The van der Waals surface area contributed by atoms with Gasteiger partial charge in [0.1, 0.15) is 6.04 Å². The molecule has 1 aliphatic heterocycles. The van der Waals surface area contributed by atoms with E-state index in [0.717, 1.165) is 12.8 Å². The van der Waals surface area contributed by atoms with Crippen LogP contribution in [0.1, 0.15) is 40.5 Å². The largest absolute Gasteiger partial charge is 0.464 e. The summed E-state index contributed by atoms with van der Waals surface area (Å²) in [6, 6.07) is -0.404. The Hall–Kier alpha value is -0.710. The maximum absolute atomic E-state index is 12.2. The predicted octanol–water partition coefficient (Wildman–Crippen LogP) is 2.28. The van der Waals surface area contributed by atoms with Crippen LogP contribution in [0.25, 0.3) is 0 Å². The summed E-state index contributed by atoms with van der Waals surface area (Å²) in [7, 11) is 0. The van der Waals surface area contributed by atoms with E-state index in [1.165, 1.54) is 0 Å². The molecule has 18 heavy (non-hydrogen) atoms. The van der Waals surface area contributed by atoms with E-state index in [9.17, 15) is 9.59 Å². The van der Waals surface area contributed by atoms with Crippen molar-refractivity contribution in [2.75, 3.05) is 18.2 Å². The van der Waals surface area contributed by atoms with Crippen LogP contribution in [-0.2, 0) is 14.3 Å². The van der Waals surface area contributed by atoms with Gasteiger partial charge in [0, 0.05) is 11.2 Å². The SMILES string of the molecule is CCCCOC(=O)C1CSCN1C(=O)C(C)(C)C. The van der Waals surface area contributed by atoms with Crippen LogP contribution in [0, 0.1) is 5.41 Å². The van der Waals surface area contributed by atoms with E-state index >= 15 is 0 Å². The quantitative estimate of drug-likeness (QED) is 0.582. The lowest BCUT2D eigenvalue weighted by Gasteiger charge is -2.29. The van der Waals surface area contributed by atoms with Gasteiger partial charge in [0.25, 0.3) is 0 Å². The third-order valence-corrected chi connectivity index (χ3v) is 3.81. The second-order valence-electron chi connectivity index (χ2n) is 5.56. The highest BCUT2D eigenvalue weighted by Gasteiger charge is 2.39. The Bertz CT molecular complexity index is 312. The van der Waals surface area contributed by atoms with Crippen molar-refractivity contribution in [3.8, 4) is 0 Å². The summed E-state index contributed by atoms with van der Waals surface area (Å²) >= 11 is 1.61. The highest BCUT2D eigenvalue weighted by molar-refractivity contribution is 7.99. The fourth-order valence-electron chi connectivity index (χ4n) is 1.68. The molecule has 1 amide bonds. The zero-order valence-electron chi connectivity index (χ0n) is 11.7. The third-order valence-electron chi connectivity index (χ3n) is 2.80. The molecule has 1 aliphatic rings. The minimum absolute atomic E-state index is 0.0185. The van der Waals surface area contributed by atoms with Crippen molar-refractivity contribution in [3.63, 3.8) is 0 Å². The minimum Gasteiger partial charge on any atom is -0.464 e. The van der Waals surface area contributed by atoms with E-state index in [1.54, 1.807) is 16.7 Å². The summed E-state index contributed by atoms with van der Waals surface area (Å²) in [6.07, 6.45) is 1.87. The van der Waals surface area contributed by atoms with E-state index in [2.05, 4.69) is 6.92 Å². The number of esters is 1. The Morgan fingerprint density at radius 3 is 2.61 bits per heavy atom. The molecular weight excluding hydrogens is 250 g/mol. The molecule has 1 heterocycles. The average Bonchev–Trinajstić information content (AvgIpc) is 2.75. The topological polar surface area (TPSA) is 46.6 Å². The first-order chi connectivity index (χ1) is 8.38. The van der Waals surface area contributed by atoms with Crippen LogP contribution in [0.2, 0.25) is 0 Å². The number of hydrogen-bond acceptors (Lipinski definition) is 4. The van der Waals surface area contributed by atoms with Crippen LogP contribution < -0.4 is 0 Å². The Balaban J connectivity index is 2.59. The molecule has 5 heteroatoms. The van der Waals surface area contributed by atoms with Gasteiger partial charge >= 0.3 is 5.97 Å². The summed E-state index contributed by atoms with van der Waals surface area (Å²) in [5.41, 5.74) is -0.452. The zero-order chi connectivity index (χ0) is 13.8. The zero-order valence-corrected chi connectivity index (χ0v) is 12.5. The lowest BCUT2D eigenvalue weighted by Crippen LogP contribution is -2.47. The Morgan fingerprint density at radius 2 is 2.06 bits per heavy atom. The highest BCUT2D eigenvalue weighted by Crippen LogP contribution is 2.27. The summed E-state index contributed by atoms with van der Waals surface area (Å²) in [4.78, 5) is 25.8. The molecule has 1 saturated heterocycles. The van der Waals surface area contributed by atoms with Crippen molar-refractivity contribution in [2.45, 2.75) is 46.6 Å². The minimum atomic E-state index is -0.452. The van der Waals surface area contributed by atoms with Crippen molar-refractivity contribution in [3.05, 3.63) is 0 Å². The van der Waals surface area contributed by atoms with E-state index in [4.69, 9.17) is 4.74 Å². The normalized spacial score (nSPS) is 20.0. The van der Waals surface area contributed by atoms with Gasteiger partial charge in [-0.3, -0.25) is 4.79 Å². The number of rotatable bonds is 4. The van der Waals surface area contributed by atoms with Gasteiger partial charge in [-0.2, -0.15) is 0 Å². The molecule has 0 aromatic heterocycles. The maximum atomic E-state index is 12.2. The summed E-state index contributed by atoms with van der Waals surface area (Å²) < 4.78 is 5.21. The van der Waals surface area contributed by atoms with Crippen LogP contribution in [0.4, 0.5) is 0 Å². The average molecular weight is 273 g/mol. The summed E-state index contributed by atoms with van der Waals surface area (Å²) in [5.74, 6) is 0.993. The fourth-order valence-corrected chi connectivity index (χ4v) is 2.82. The van der Waals surface area contributed by atoms with E-state index in [1.807, 2.05) is 20.8 Å². The van der Waals surface area contributed by atoms with E-state index in [0.29, 0.717) is 18.2 Å². The van der Waals surface area contributed by atoms with Crippen molar-refractivity contribution in [1.29, 1.82) is 0 Å². The number of unbranched alkanes of at least 4 members (excludes halogenated alkanes) is 1. The monoisotopic (exact) mass is 273 g/mol. The first-order valence-electron chi connectivity index (χ1n) is 6.43. The lowest BCUT2D eigenvalue weighted by molar-refractivity contribution is -0.155. The van der Waals surface area contributed by atoms with Crippen LogP contribution in [-0.4, -0.2) is 41.1 Å². The van der Waals surface area contributed by atoms with Gasteiger partial charge in [0.05, 0.1) is 12.5 Å². The number of amides is 1. The third kappa shape index (κ3) is 3.90. The molecule has 0 aromatic rings. The number of ether oxygens (including phenoxy) is 1. The molecule has 0 saturated carbocycles. The number of carbonyl (C=O) groups is 2. The highest BCUT2D eigenvalue weighted by atomic mass is 32.2.